The van der Waals surface area contributed by atoms with Crippen LogP contribution in [0.1, 0.15) is 37.9 Å². The summed E-state index contributed by atoms with van der Waals surface area (Å²) in [4.78, 5) is 2.44. The Labute approximate surface area is 148 Å². The van der Waals surface area contributed by atoms with Gasteiger partial charge in [0.25, 0.3) is 0 Å². The van der Waals surface area contributed by atoms with Gasteiger partial charge in [-0.05, 0) is 62.3 Å². The normalized spacial score (nSPS) is 38.9. The van der Waals surface area contributed by atoms with Gasteiger partial charge in [-0.25, -0.2) is 8.78 Å². The van der Waals surface area contributed by atoms with Crippen LogP contribution in [0, 0.1) is 29.4 Å². The van der Waals surface area contributed by atoms with Gasteiger partial charge < -0.3 is 15.0 Å². The zero-order valence-electron chi connectivity index (χ0n) is 15.1. The van der Waals surface area contributed by atoms with E-state index in [2.05, 4.69) is 24.2 Å². The largest absolute Gasteiger partial charge is 0.372 e. The van der Waals surface area contributed by atoms with Gasteiger partial charge in [0.15, 0.2) is 0 Å². The molecule has 0 amide bonds. The predicted octanol–water partition coefficient (Wildman–Crippen LogP) is 3.36. The topological polar surface area (TPSA) is 24.5 Å². The fraction of sp³-hybridized carbons (Fsp3) is 0.700. The summed E-state index contributed by atoms with van der Waals surface area (Å²) in [5.41, 5.74) is 0.351. The molecule has 1 aliphatic carbocycles. The van der Waals surface area contributed by atoms with Crippen molar-refractivity contribution in [3.63, 3.8) is 0 Å². The van der Waals surface area contributed by atoms with Gasteiger partial charge in [0.05, 0.1) is 12.7 Å². The van der Waals surface area contributed by atoms with E-state index in [1.54, 1.807) is 0 Å². The van der Waals surface area contributed by atoms with Gasteiger partial charge in [0.1, 0.15) is 11.6 Å². The van der Waals surface area contributed by atoms with Crippen molar-refractivity contribution in [2.75, 3.05) is 26.7 Å². The molecule has 0 bridgehead atoms. The molecule has 5 heteroatoms. The first-order valence-electron chi connectivity index (χ1n) is 9.50. The summed E-state index contributed by atoms with van der Waals surface area (Å²) in [6.45, 7) is 5.08. The van der Waals surface area contributed by atoms with Gasteiger partial charge >= 0.3 is 0 Å². The van der Waals surface area contributed by atoms with Crippen LogP contribution >= 0.6 is 0 Å². The molecule has 138 valence electrons. The Hall–Kier alpha value is -1.04. The molecule has 25 heavy (non-hydrogen) atoms. The molecule has 0 radical (unpaired) electrons. The van der Waals surface area contributed by atoms with Crippen molar-refractivity contribution in [3.05, 3.63) is 35.4 Å². The van der Waals surface area contributed by atoms with E-state index in [-0.39, 0.29) is 17.8 Å². The zero-order chi connectivity index (χ0) is 17.6. The number of hydrogen-bond donors (Lipinski definition) is 1. The summed E-state index contributed by atoms with van der Waals surface area (Å²) < 4.78 is 33.5. The van der Waals surface area contributed by atoms with Crippen molar-refractivity contribution >= 4 is 0 Å². The maximum Gasteiger partial charge on any atom is 0.129 e. The van der Waals surface area contributed by atoms with Crippen LogP contribution in [0.5, 0.6) is 0 Å². The van der Waals surface area contributed by atoms with Crippen LogP contribution in [0.25, 0.3) is 0 Å². The summed E-state index contributed by atoms with van der Waals surface area (Å²) in [5.74, 6) is 1.04. The Kier molecular flexibility index (Phi) is 4.82. The number of nitrogens with zero attached hydrogens (tertiary/aromatic N) is 1. The lowest BCUT2D eigenvalue weighted by Gasteiger charge is -2.36. The summed E-state index contributed by atoms with van der Waals surface area (Å²) in [6.07, 6.45) is 3.08. The molecular formula is C20H28F2N2O. The van der Waals surface area contributed by atoms with E-state index < -0.39 is 5.82 Å². The number of nitrogens with one attached hydrogen (secondary N) is 1. The van der Waals surface area contributed by atoms with Crippen LogP contribution in [0.3, 0.4) is 0 Å². The minimum atomic E-state index is -0.407. The van der Waals surface area contributed by atoms with Crippen LogP contribution in [-0.2, 0) is 4.74 Å². The quantitative estimate of drug-likeness (QED) is 0.905. The Morgan fingerprint density at radius 2 is 1.80 bits per heavy atom. The Morgan fingerprint density at radius 3 is 2.48 bits per heavy atom. The molecule has 3 unspecified atom stereocenters. The molecule has 1 saturated carbocycles. The highest BCUT2D eigenvalue weighted by Gasteiger charge is 2.41. The summed E-state index contributed by atoms with van der Waals surface area (Å²) in [5, 5.41) is 3.78. The summed E-state index contributed by atoms with van der Waals surface area (Å²) >= 11 is 0. The molecule has 0 spiro atoms. The highest BCUT2D eigenvalue weighted by atomic mass is 19.1. The van der Waals surface area contributed by atoms with Crippen LogP contribution in [-0.4, -0.2) is 43.7 Å². The maximum absolute atomic E-state index is 14.0. The first-order valence-corrected chi connectivity index (χ1v) is 9.50. The lowest BCUT2D eigenvalue weighted by molar-refractivity contribution is -0.0436. The van der Waals surface area contributed by atoms with E-state index in [1.165, 1.54) is 38.1 Å². The minimum Gasteiger partial charge on any atom is -0.372 e. The summed E-state index contributed by atoms with van der Waals surface area (Å²) in [7, 11) is 2.21. The van der Waals surface area contributed by atoms with Gasteiger partial charge in [-0.3, -0.25) is 0 Å². The van der Waals surface area contributed by atoms with Crippen molar-refractivity contribution in [1.29, 1.82) is 0 Å². The molecule has 1 N–H and O–H groups in total. The fourth-order valence-electron chi connectivity index (χ4n) is 5.27. The second-order valence-corrected chi connectivity index (χ2v) is 8.41. The molecule has 2 heterocycles. The fourth-order valence-corrected chi connectivity index (χ4v) is 5.27. The third-order valence-corrected chi connectivity index (χ3v) is 6.32. The average Bonchev–Trinajstić information content (AvgIpc) is 3.07. The van der Waals surface area contributed by atoms with Gasteiger partial charge in [0.2, 0.25) is 0 Å². The van der Waals surface area contributed by atoms with E-state index in [0.717, 1.165) is 24.3 Å². The van der Waals surface area contributed by atoms with Crippen LogP contribution < -0.4 is 5.32 Å². The monoisotopic (exact) mass is 350 g/mol. The second kappa shape index (κ2) is 6.93. The molecule has 1 aromatic carbocycles. The lowest BCUT2D eigenvalue weighted by Crippen LogP contribution is -2.45. The maximum atomic E-state index is 14.0. The van der Waals surface area contributed by atoms with Crippen LogP contribution in [0.2, 0.25) is 0 Å². The van der Waals surface area contributed by atoms with Gasteiger partial charge in [0, 0.05) is 30.7 Å². The van der Waals surface area contributed by atoms with Crippen molar-refractivity contribution < 1.29 is 13.5 Å². The number of hydrogen-bond acceptors (Lipinski definition) is 3. The van der Waals surface area contributed by atoms with E-state index in [1.807, 2.05) is 0 Å². The van der Waals surface area contributed by atoms with Crippen LogP contribution in [0.4, 0.5) is 8.78 Å². The molecule has 3 aliphatic rings. The molecule has 2 aliphatic heterocycles. The lowest BCUT2D eigenvalue weighted by atomic mass is 9.88. The first-order chi connectivity index (χ1) is 12.0. The van der Waals surface area contributed by atoms with Crippen molar-refractivity contribution in [2.45, 2.75) is 44.4 Å². The Bertz CT molecular complexity index is 612. The van der Waals surface area contributed by atoms with E-state index >= 15 is 0 Å². The number of benzene rings is 1. The van der Waals surface area contributed by atoms with Gasteiger partial charge in [-0.1, -0.05) is 6.92 Å². The number of ether oxygens (including phenoxy) is 1. The summed E-state index contributed by atoms with van der Waals surface area (Å²) in [6, 6.07) is 4.51. The van der Waals surface area contributed by atoms with Crippen molar-refractivity contribution in [3.8, 4) is 0 Å². The Morgan fingerprint density at radius 1 is 1.08 bits per heavy atom. The number of halogens is 2. The molecule has 1 aromatic rings. The molecule has 4 rings (SSSR count). The number of likely N-dealkylation sites (tertiary alicyclic amines) is 1. The predicted molar refractivity (Wildman–Crippen MR) is 93.3 cm³/mol. The van der Waals surface area contributed by atoms with Gasteiger partial charge in [-0.2, -0.15) is 0 Å². The molecule has 2 saturated heterocycles. The van der Waals surface area contributed by atoms with E-state index in [4.69, 9.17) is 4.74 Å². The smallest absolute Gasteiger partial charge is 0.129 e. The third kappa shape index (κ3) is 3.60. The number of fused-ring (bicyclic) bond motifs is 1. The molecule has 5 atom stereocenters. The number of rotatable bonds is 3. The Balaban J connectivity index is 1.34. The molecular weight excluding hydrogens is 322 g/mol. The minimum absolute atomic E-state index is 0.162. The highest BCUT2D eigenvalue weighted by Crippen LogP contribution is 2.39. The molecule has 3 fully saturated rings. The average molecular weight is 350 g/mol. The first kappa shape index (κ1) is 17.4. The zero-order valence-corrected chi connectivity index (χ0v) is 15.1. The van der Waals surface area contributed by atoms with E-state index in [9.17, 15) is 8.78 Å². The van der Waals surface area contributed by atoms with Crippen LogP contribution in [0.15, 0.2) is 18.2 Å². The third-order valence-electron chi connectivity index (χ3n) is 6.32. The standard InChI is InChI=1S/C20H28F2N2O/c1-12-5-17(23-16-6-13-9-24(2)10-14(13)7-16)11-25-20(12)18-8-15(21)3-4-19(18)22/h3-4,8,12-14,16-17,20,23H,5-7,9-11H2,1-2H3/t12?,13?,14?,16?,17-,20+/m1/s1. The molecule has 0 aromatic heterocycles. The second-order valence-electron chi connectivity index (χ2n) is 8.41. The van der Waals surface area contributed by atoms with E-state index in [0.29, 0.717) is 24.3 Å². The SMILES string of the molecule is CC1C[C@@H](NC2CC3CN(C)CC3C2)CO[C@@H]1c1cc(F)ccc1F. The van der Waals surface area contributed by atoms with Gasteiger partial charge in [-0.15, -0.1) is 0 Å². The highest BCUT2D eigenvalue weighted by molar-refractivity contribution is 5.22. The van der Waals surface area contributed by atoms with Crippen molar-refractivity contribution in [1.82, 2.24) is 10.2 Å². The molecule has 3 nitrogen and oxygen atoms in total. The van der Waals surface area contributed by atoms with Crippen molar-refractivity contribution in [2.24, 2.45) is 17.8 Å².